The first kappa shape index (κ1) is 14.4. The van der Waals surface area contributed by atoms with Crippen molar-refractivity contribution >= 4 is 33.3 Å². The summed E-state index contributed by atoms with van der Waals surface area (Å²) in [5, 5.41) is 2.69. The van der Waals surface area contributed by atoms with E-state index in [-0.39, 0.29) is 23.1 Å². The van der Waals surface area contributed by atoms with Gasteiger partial charge in [-0.2, -0.15) is 0 Å². The first-order chi connectivity index (χ1) is 9.51. The largest absolute Gasteiger partial charge is 0.322 e. The number of rotatable bonds is 3. The number of aryl methyl sites for hydroxylation is 1. The monoisotopic (exact) mass is 338 g/mol. The maximum absolute atomic E-state index is 13.0. The zero-order chi connectivity index (χ0) is 14.7. The van der Waals surface area contributed by atoms with Gasteiger partial charge in [0.25, 0.3) is 5.91 Å². The van der Waals surface area contributed by atoms with Crippen LogP contribution < -0.4 is 16.6 Å². The molecule has 1 aromatic heterocycles. The minimum Gasteiger partial charge on any atom is -0.322 e. The van der Waals surface area contributed by atoms with Gasteiger partial charge in [-0.25, -0.2) is 15.2 Å². The number of nitrogens with two attached hydrogens (primary N) is 1. The minimum atomic E-state index is -0.388. The summed E-state index contributed by atoms with van der Waals surface area (Å²) in [5.74, 6) is 4.84. The van der Waals surface area contributed by atoms with Gasteiger partial charge in [-0.05, 0) is 52.7 Å². The number of nitrogens with one attached hydrogen (secondary N) is 2. The quantitative estimate of drug-likeness (QED) is 0.593. The summed E-state index contributed by atoms with van der Waals surface area (Å²) in [6.07, 6.45) is 1.52. The molecule has 0 unspecified atom stereocenters. The van der Waals surface area contributed by atoms with E-state index in [4.69, 9.17) is 5.84 Å². The lowest BCUT2D eigenvalue weighted by Gasteiger charge is -2.11. The summed E-state index contributed by atoms with van der Waals surface area (Å²) in [4.78, 5) is 16.2. The van der Waals surface area contributed by atoms with Crippen molar-refractivity contribution in [3.63, 3.8) is 0 Å². The van der Waals surface area contributed by atoms with Gasteiger partial charge in [-0.1, -0.05) is 0 Å². The highest BCUT2D eigenvalue weighted by molar-refractivity contribution is 9.10. The number of benzene rings is 1. The molecule has 104 valence electrons. The lowest BCUT2D eigenvalue weighted by atomic mass is 10.1. The summed E-state index contributed by atoms with van der Waals surface area (Å²) in [6, 6.07) is 5.72. The Balaban J connectivity index is 2.30. The van der Waals surface area contributed by atoms with E-state index in [0.717, 1.165) is 0 Å². The van der Waals surface area contributed by atoms with Crippen molar-refractivity contribution < 1.29 is 9.18 Å². The van der Waals surface area contributed by atoms with Gasteiger partial charge >= 0.3 is 0 Å². The molecular weight excluding hydrogens is 327 g/mol. The number of pyridine rings is 1. The SMILES string of the molecule is Cc1cc(F)ccc1NC(=O)c1cc(Br)cnc1NN. The number of aromatic nitrogens is 1. The number of amides is 1. The molecule has 20 heavy (non-hydrogen) atoms. The van der Waals surface area contributed by atoms with Crippen LogP contribution in [0.3, 0.4) is 0 Å². The fourth-order valence-electron chi connectivity index (χ4n) is 1.68. The molecule has 0 radical (unpaired) electrons. The van der Waals surface area contributed by atoms with E-state index in [1.165, 1.54) is 24.4 Å². The van der Waals surface area contributed by atoms with E-state index < -0.39 is 0 Å². The Kier molecular flexibility index (Phi) is 4.31. The van der Waals surface area contributed by atoms with E-state index in [2.05, 4.69) is 31.7 Å². The summed E-state index contributed by atoms with van der Waals surface area (Å²) in [5.41, 5.74) is 3.80. The van der Waals surface area contributed by atoms with Crippen LogP contribution in [-0.4, -0.2) is 10.9 Å². The van der Waals surface area contributed by atoms with Crippen LogP contribution >= 0.6 is 15.9 Å². The molecule has 0 aliphatic carbocycles. The van der Waals surface area contributed by atoms with Crippen LogP contribution in [0.1, 0.15) is 15.9 Å². The van der Waals surface area contributed by atoms with E-state index in [9.17, 15) is 9.18 Å². The van der Waals surface area contributed by atoms with Crippen molar-refractivity contribution in [1.82, 2.24) is 4.98 Å². The predicted molar refractivity (Wildman–Crippen MR) is 78.8 cm³/mol. The predicted octanol–water partition coefficient (Wildman–Crippen LogP) is 2.83. The van der Waals surface area contributed by atoms with Crippen LogP contribution in [0.15, 0.2) is 34.9 Å². The fraction of sp³-hybridized carbons (Fsp3) is 0.0769. The third-order valence-corrected chi connectivity index (χ3v) is 3.11. The second-order valence-electron chi connectivity index (χ2n) is 4.11. The Labute approximate surface area is 123 Å². The number of carbonyl (C=O) groups is 1. The van der Waals surface area contributed by atoms with E-state index >= 15 is 0 Å². The highest BCUT2D eigenvalue weighted by Gasteiger charge is 2.14. The average Bonchev–Trinajstić information content (AvgIpc) is 2.41. The topological polar surface area (TPSA) is 80.0 Å². The molecule has 0 saturated carbocycles. The summed E-state index contributed by atoms with van der Waals surface area (Å²) in [6.45, 7) is 1.71. The number of hydrazine groups is 1. The molecule has 1 amide bonds. The molecule has 0 spiro atoms. The molecule has 1 aromatic carbocycles. The molecule has 2 rings (SSSR count). The molecule has 0 fully saturated rings. The Bertz CT molecular complexity index is 663. The van der Waals surface area contributed by atoms with E-state index in [1.54, 1.807) is 13.0 Å². The van der Waals surface area contributed by atoms with Crippen LogP contribution in [0.25, 0.3) is 0 Å². The molecule has 1 heterocycles. The number of halogens is 2. The second-order valence-corrected chi connectivity index (χ2v) is 5.02. The van der Waals surface area contributed by atoms with Crippen LogP contribution in [0.4, 0.5) is 15.9 Å². The molecule has 0 bridgehead atoms. The standard InChI is InChI=1S/C13H12BrFN4O/c1-7-4-9(15)2-3-11(7)18-13(20)10-5-8(14)6-17-12(10)19-16/h2-6H,16H2,1H3,(H,17,19)(H,18,20). The number of anilines is 2. The Morgan fingerprint density at radius 2 is 2.15 bits per heavy atom. The third kappa shape index (κ3) is 3.12. The molecule has 0 saturated heterocycles. The summed E-state index contributed by atoms with van der Waals surface area (Å²) in [7, 11) is 0. The van der Waals surface area contributed by atoms with Crippen molar-refractivity contribution in [2.24, 2.45) is 5.84 Å². The van der Waals surface area contributed by atoms with Gasteiger partial charge in [-0.15, -0.1) is 0 Å². The lowest BCUT2D eigenvalue weighted by molar-refractivity contribution is 0.102. The molecule has 5 nitrogen and oxygen atoms in total. The number of hydrogen-bond acceptors (Lipinski definition) is 4. The van der Waals surface area contributed by atoms with Gasteiger partial charge in [0.2, 0.25) is 0 Å². The minimum absolute atomic E-state index is 0.255. The summed E-state index contributed by atoms with van der Waals surface area (Å²) >= 11 is 3.24. The number of nitrogens with zero attached hydrogens (tertiary/aromatic N) is 1. The van der Waals surface area contributed by atoms with Gasteiger partial charge in [-0.3, -0.25) is 4.79 Å². The van der Waals surface area contributed by atoms with Gasteiger partial charge in [0.1, 0.15) is 5.82 Å². The third-order valence-electron chi connectivity index (χ3n) is 2.67. The maximum Gasteiger partial charge on any atom is 0.259 e. The highest BCUT2D eigenvalue weighted by atomic mass is 79.9. The van der Waals surface area contributed by atoms with Crippen LogP contribution in [-0.2, 0) is 0 Å². The van der Waals surface area contributed by atoms with Crippen molar-refractivity contribution in [2.45, 2.75) is 6.92 Å². The first-order valence-electron chi connectivity index (χ1n) is 5.71. The molecular formula is C13H12BrFN4O. The van der Waals surface area contributed by atoms with Crippen molar-refractivity contribution in [2.75, 3.05) is 10.7 Å². The molecule has 2 aromatic rings. The Morgan fingerprint density at radius 3 is 2.80 bits per heavy atom. The van der Waals surface area contributed by atoms with Crippen molar-refractivity contribution in [3.05, 3.63) is 51.9 Å². The second kappa shape index (κ2) is 5.98. The smallest absolute Gasteiger partial charge is 0.259 e. The molecule has 0 atom stereocenters. The average molecular weight is 339 g/mol. The molecule has 0 aliphatic rings. The first-order valence-corrected chi connectivity index (χ1v) is 6.50. The van der Waals surface area contributed by atoms with E-state index in [0.29, 0.717) is 15.7 Å². The Morgan fingerprint density at radius 1 is 1.40 bits per heavy atom. The normalized spacial score (nSPS) is 10.2. The Hall–Kier alpha value is -1.99. The fourth-order valence-corrected chi connectivity index (χ4v) is 2.02. The van der Waals surface area contributed by atoms with Gasteiger partial charge in [0.15, 0.2) is 5.82 Å². The number of carbonyl (C=O) groups excluding carboxylic acids is 1. The van der Waals surface area contributed by atoms with Crippen LogP contribution in [0.5, 0.6) is 0 Å². The molecule has 7 heteroatoms. The van der Waals surface area contributed by atoms with Gasteiger partial charge in [0, 0.05) is 16.4 Å². The van der Waals surface area contributed by atoms with Crippen LogP contribution in [0, 0.1) is 12.7 Å². The molecule has 4 N–H and O–H groups in total. The zero-order valence-corrected chi connectivity index (χ0v) is 12.2. The van der Waals surface area contributed by atoms with Gasteiger partial charge in [0.05, 0.1) is 5.56 Å². The van der Waals surface area contributed by atoms with Gasteiger partial charge < -0.3 is 10.7 Å². The zero-order valence-electron chi connectivity index (χ0n) is 10.6. The maximum atomic E-state index is 13.0. The number of hydrogen-bond donors (Lipinski definition) is 3. The van der Waals surface area contributed by atoms with Crippen molar-refractivity contribution in [1.29, 1.82) is 0 Å². The molecule has 0 aliphatic heterocycles. The summed E-state index contributed by atoms with van der Waals surface area (Å²) < 4.78 is 13.7. The lowest BCUT2D eigenvalue weighted by Crippen LogP contribution is -2.18. The van der Waals surface area contributed by atoms with Crippen molar-refractivity contribution in [3.8, 4) is 0 Å². The highest BCUT2D eigenvalue weighted by Crippen LogP contribution is 2.21. The van der Waals surface area contributed by atoms with Crippen LogP contribution in [0.2, 0.25) is 0 Å². The van der Waals surface area contributed by atoms with E-state index in [1.807, 2.05) is 0 Å². The number of nitrogen functional groups attached to an aromatic ring is 1.